The van der Waals surface area contributed by atoms with E-state index in [9.17, 15) is 9.59 Å². The molecule has 0 saturated carbocycles. The van der Waals surface area contributed by atoms with Crippen LogP contribution in [-0.4, -0.2) is 25.2 Å². The van der Waals surface area contributed by atoms with Crippen LogP contribution in [0, 0.1) is 0 Å². The number of allylic oxidation sites excluding steroid dienone is 1. The van der Waals surface area contributed by atoms with Crippen molar-refractivity contribution < 1.29 is 19.1 Å². The summed E-state index contributed by atoms with van der Waals surface area (Å²) in [5.41, 5.74) is 0.553. The highest BCUT2D eigenvalue weighted by molar-refractivity contribution is 5.89. The van der Waals surface area contributed by atoms with E-state index in [0.717, 1.165) is 6.42 Å². The lowest BCUT2D eigenvalue weighted by Gasteiger charge is -2.06. The molecular weight excluding hydrogens is 208 g/mol. The molecule has 0 heterocycles. The molecule has 0 N–H and O–H groups in total. The Bertz CT molecular complexity index is 256. The molecule has 0 saturated heterocycles. The van der Waals surface area contributed by atoms with E-state index in [1.54, 1.807) is 19.9 Å². The summed E-state index contributed by atoms with van der Waals surface area (Å²) >= 11 is 0. The van der Waals surface area contributed by atoms with Gasteiger partial charge in [-0.2, -0.15) is 0 Å². The predicted molar refractivity (Wildman–Crippen MR) is 60.9 cm³/mol. The summed E-state index contributed by atoms with van der Waals surface area (Å²) in [6, 6.07) is 0. The third kappa shape index (κ3) is 6.22. The lowest BCUT2D eigenvalue weighted by Crippen LogP contribution is -2.11. The van der Waals surface area contributed by atoms with Crippen LogP contribution in [0.4, 0.5) is 0 Å². The van der Waals surface area contributed by atoms with Crippen molar-refractivity contribution in [3.05, 3.63) is 11.6 Å². The minimum Gasteiger partial charge on any atom is -0.466 e. The number of hydrogen-bond acceptors (Lipinski definition) is 4. The van der Waals surface area contributed by atoms with Crippen LogP contribution >= 0.6 is 0 Å². The van der Waals surface area contributed by atoms with Crippen molar-refractivity contribution in [2.75, 3.05) is 13.2 Å². The molecule has 0 aromatic rings. The van der Waals surface area contributed by atoms with Crippen molar-refractivity contribution in [2.45, 2.75) is 40.0 Å². The molecule has 92 valence electrons. The summed E-state index contributed by atoms with van der Waals surface area (Å²) in [5.74, 6) is -0.623. The number of esters is 2. The fourth-order valence-corrected chi connectivity index (χ4v) is 1.23. The Morgan fingerprint density at radius 1 is 1.00 bits per heavy atom. The average Bonchev–Trinajstić information content (AvgIpc) is 2.24. The van der Waals surface area contributed by atoms with E-state index in [4.69, 9.17) is 9.47 Å². The lowest BCUT2D eigenvalue weighted by molar-refractivity contribution is -0.143. The Hall–Kier alpha value is -1.32. The first-order valence-corrected chi connectivity index (χ1v) is 5.67. The molecule has 16 heavy (non-hydrogen) atoms. The van der Waals surface area contributed by atoms with Crippen molar-refractivity contribution in [2.24, 2.45) is 0 Å². The zero-order chi connectivity index (χ0) is 12.4. The van der Waals surface area contributed by atoms with Crippen LogP contribution in [0.5, 0.6) is 0 Å². The summed E-state index contributed by atoms with van der Waals surface area (Å²) in [4.78, 5) is 22.6. The van der Waals surface area contributed by atoms with Gasteiger partial charge in [0.05, 0.1) is 13.2 Å². The third-order valence-electron chi connectivity index (χ3n) is 1.89. The van der Waals surface area contributed by atoms with Crippen LogP contribution in [-0.2, 0) is 19.1 Å². The first-order chi connectivity index (χ1) is 7.65. The zero-order valence-corrected chi connectivity index (χ0v) is 10.2. The maximum absolute atomic E-state index is 11.5. The van der Waals surface area contributed by atoms with Crippen LogP contribution in [0.15, 0.2) is 11.6 Å². The molecule has 0 aliphatic rings. The molecule has 4 heteroatoms. The van der Waals surface area contributed by atoms with Crippen molar-refractivity contribution in [3.8, 4) is 0 Å². The van der Waals surface area contributed by atoms with Gasteiger partial charge in [0.2, 0.25) is 0 Å². The van der Waals surface area contributed by atoms with Gasteiger partial charge in [-0.1, -0.05) is 13.0 Å². The van der Waals surface area contributed by atoms with Crippen molar-refractivity contribution in [1.29, 1.82) is 0 Å². The minimum atomic E-state index is -0.339. The van der Waals surface area contributed by atoms with Gasteiger partial charge in [0.1, 0.15) is 0 Å². The number of hydrogen-bond donors (Lipinski definition) is 0. The third-order valence-corrected chi connectivity index (χ3v) is 1.89. The number of carbonyl (C=O) groups excluding carboxylic acids is 2. The van der Waals surface area contributed by atoms with Gasteiger partial charge in [0.25, 0.3) is 0 Å². The Kier molecular flexibility index (Phi) is 8.21. The highest BCUT2D eigenvalue weighted by atomic mass is 16.5. The summed E-state index contributed by atoms with van der Waals surface area (Å²) in [7, 11) is 0. The van der Waals surface area contributed by atoms with Crippen molar-refractivity contribution in [3.63, 3.8) is 0 Å². The molecule has 0 aliphatic heterocycles. The van der Waals surface area contributed by atoms with Gasteiger partial charge < -0.3 is 9.47 Å². The minimum absolute atomic E-state index is 0.221. The predicted octanol–water partition coefficient (Wildman–Crippen LogP) is 2.23. The van der Waals surface area contributed by atoms with E-state index in [1.807, 2.05) is 6.92 Å². The first-order valence-electron chi connectivity index (χ1n) is 5.67. The second-order valence-corrected chi connectivity index (χ2v) is 3.16. The van der Waals surface area contributed by atoms with Crippen molar-refractivity contribution in [1.82, 2.24) is 0 Å². The quantitative estimate of drug-likeness (QED) is 0.495. The molecule has 0 fully saturated rings. The molecular formula is C12H20O4. The van der Waals surface area contributed by atoms with E-state index in [0.29, 0.717) is 25.2 Å². The highest BCUT2D eigenvalue weighted by Gasteiger charge is 2.12. The summed E-state index contributed by atoms with van der Waals surface area (Å²) in [6.45, 7) is 6.16. The Balaban J connectivity index is 4.19. The fraction of sp³-hybridized carbons (Fsp3) is 0.667. The van der Waals surface area contributed by atoms with Crippen molar-refractivity contribution >= 4 is 11.9 Å². The van der Waals surface area contributed by atoms with Gasteiger partial charge in [-0.25, -0.2) is 4.79 Å². The Labute approximate surface area is 96.6 Å². The van der Waals surface area contributed by atoms with Crippen LogP contribution in [0.3, 0.4) is 0 Å². The first kappa shape index (κ1) is 14.7. The Morgan fingerprint density at radius 3 is 2.12 bits per heavy atom. The molecule has 0 spiro atoms. The normalized spacial score (nSPS) is 11.1. The lowest BCUT2D eigenvalue weighted by atomic mass is 10.1. The smallest absolute Gasteiger partial charge is 0.333 e. The number of carbonyl (C=O) groups is 2. The molecule has 0 radical (unpaired) electrons. The van der Waals surface area contributed by atoms with E-state index < -0.39 is 0 Å². The van der Waals surface area contributed by atoms with E-state index in [-0.39, 0.29) is 18.4 Å². The molecule has 0 unspecified atom stereocenters. The highest BCUT2D eigenvalue weighted by Crippen LogP contribution is 2.09. The second-order valence-electron chi connectivity index (χ2n) is 3.16. The largest absolute Gasteiger partial charge is 0.466 e. The van der Waals surface area contributed by atoms with Gasteiger partial charge >= 0.3 is 11.9 Å². The monoisotopic (exact) mass is 228 g/mol. The molecule has 0 aromatic heterocycles. The van der Waals surface area contributed by atoms with Gasteiger partial charge in [0.15, 0.2) is 0 Å². The zero-order valence-electron chi connectivity index (χ0n) is 10.2. The molecule has 0 bridgehead atoms. The van der Waals surface area contributed by atoms with E-state index >= 15 is 0 Å². The standard InChI is InChI=1S/C12H20O4/c1-4-7-10(12(14)16-6-3)8-9-11(13)15-5-2/h7H,4-6,8-9H2,1-3H3/b10-7+. The molecule has 0 rings (SSSR count). The Morgan fingerprint density at radius 2 is 1.62 bits per heavy atom. The van der Waals surface area contributed by atoms with Crippen LogP contribution < -0.4 is 0 Å². The SMILES string of the molecule is CC/C=C(\CCC(=O)OCC)C(=O)OCC. The van der Waals surface area contributed by atoms with Crippen LogP contribution in [0.2, 0.25) is 0 Å². The topological polar surface area (TPSA) is 52.6 Å². The van der Waals surface area contributed by atoms with Crippen LogP contribution in [0.25, 0.3) is 0 Å². The number of rotatable bonds is 7. The summed E-state index contributed by atoms with van der Waals surface area (Å²) < 4.78 is 9.68. The maximum Gasteiger partial charge on any atom is 0.333 e. The van der Waals surface area contributed by atoms with Gasteiger partial charge in [0, 0.05) is 12.0 Å². The molecule has 0 atom stereocenters. The van der Waals surface area contributed by atoms with Gasteiger partial charge in [-0.05, 0) is 26.7 Å². The van der Waals surface area contributed by atoms with Gasteiger partial charge in [-0.3, -0.25) is 4.79 Å². The number of ether oxygens (including phenoxy) is 2. The fourth-order valence-electron chi connectivity index (χ4n) is 1.23. The molecule has 0 aromatic carbocycles. The average molecular weight is 228 g/mol. The van der Waals surface area contributed by atoms with E-state index in [1.165, 1.54) is 0 Å². The molecule has 4 nitrogen and oxygen atoms in total. The van der Waals surface area contributed by atoms with Gasteiger partial charge in [-0.15, -0.1) is 0 Å². The molecule has 0 aliphatic carbocycles. The summed E-state index contributed by atoms with van der Waals surface area (Å²) in [6.07, 6.45) is 3.14. The van der Waals surface area contributed by atoms with Crippen LogP contribution in [0.1, 0.15) is 40.0 Å². The molecule has 0 amide bonds. The summed E-state index contributed by atoms with van der Waals surface area (Å²) in [5, 5.41) is 0. The second kappa shape index (κ2) is 8.95. The van der Waals surface area contributed by atoms with E-state index in [2.05, 4.69) is 0 Å². The maximum atomic E-state index is 11.5.